The third-order valence-corrected chi connectivity index (χ3v) is 5.98. The maximum Gasteiger partial charge on any atom is 0.191 e. The van der Waals surface area contributed by atoms with Gasteiger partial charge in [-0.2, -0.15) is 0 Å². The number of rotatable bonds is 10. The van der Waals surface area contributed by atoms with Crippen LogP contribution < -0.4 is 10.6 Å². The van der Waals surface area contributed by atoms with Crippen molar-refractivity contribution in [2.75, 3.05) is 26.3 Å². The Bertz CT molecular complexity index is 934. The van der Waals surface area contributed by atoms with Crippen molar-refractivity contribution in [3.63, 3.8) is 0 Å². The second-order valence-electron chi connectivity index (χ2n) is 6.95. The minimum absolute atomic E-state index is 0.363. The van der Waals surface area contributed by atoms with Crippen molar-refractivity contribution in [1.82, 2.24) is 25.4 Å². The number of aliphatic imine (C=N–C) groups is 1. The molecule has 162 valence electrons. The highest BCUT2D eigenvalue weighted by Crippen LogP contribution is 2.29. The van der Waals surface area contributed by atoms with Crippen LogP contribution in [0.2, 0.25) is 0 Å². The zero-order valence-corrected chi connectivity index (χ0v) is 18.6. The highest BCUT2D eigenvalue weighted by Gasteiger charge is 2.13. The van der Waals surface area contributed by atoms with Gasteiger partial charge in [-0.15, -0.1) is 21.5 Å². The van der Waals surface area contributed by atoms with E-state index in [0.717, 1.165) is 34.9 Å². The molecule has 0 aliphatic heterocycles. The number of thiophene rings is 1. The number of guanidine groups is 1. The maximum atomic E-state index is 10.7. The number of nitrogens with one attached hydrogen (secondary N) is 2. The molecule has 1 unspecified atom stereocenters. The standard InChI is InChI=1S/C21H30N6O2S/c1-4-29-11-7-10-22-21(24-14-20-26-25-15(2)27(20)3)23-13-17(28)19-12-16-8-5-6-9-18(16)30-19/h5-6,8-9,12,17,28H,4,7,10-11,13-14H2,1-3H3,(H2,22,23,24). The predicted octanol–water partition coefficient (Wildman–Crippen LogP) is 2.53. The fourth-order valence-corrected chi connectivity index (χ4v) is 3.95. The van der Waals surface area contributed by atoms with Gasteiger partial charge in [-0.1, -0.05) is 18.2 Å². The molecule has 3 aromatic rings. The van der Waals surface area contributed by atoms with E-state index in [1.807, 2.05) is 43.7 Å². The van der Waals surface area contributed by atoms with Gasteiger partial charge in [0.1, 0.15) is 18.5 Å². The smallest absolute Gasteiger partial charge is 0.191 e. The lowest BCUT2D eigenvalue weighted by atomic mass is 10.2. The van der Waals surface area contributed by atoms with Crippen molar-refractivity contribution in [2.24, 2.45) is 12.0 Å². The Morgan fingerprint density at radius 2 is 2.13 bits per heavy atom. The Labute approximate surface area is 181 Å². The van der Waals surface area contributed by atoms with E-state index in [4.69, 9.17) is 4.74 Å². The topological polar surface area (TPSA) is 96.6 Å². The van der Waals surface area contributed by atoms with Crippen molar-refractivity contribution >= 4 is 27.4 Å². The molecule has 0 bridgehead atoms. The molecule has 0 aliphatic carbocycles. The van der Waals surface area contributed by atoms with Crippen molar-refractivity contribution < 1.29 is 9.84 Å². The van der Waals surface area contributed by atoms with Gasteiger partial charge in [0.05, 0.1) is 0 Å². The van der Waals surface area contributed by atoms with E-state index in [1.165, 1.54) is 4.70 Å². The van der Waals surface area contributed by atoms with Crippen LogP contribution in [-0.2, 0) is 18.3 Å². The molecule has 0 saturated heterocycles. The van der Waals surface area contributed by atoms with E-state index in [-0.39, 0.29) is 0 Å². The average Bonchev–Trinajstić information content (AvgIpc) is 3.33. The molecular formula is C21H30N6O2S. The van der Waals surface area contributed by atoms with E-state index in [0.29, 0.717) is 32.3 Å². The van der Waals surface area contributed by atoms with Gasteiger partial charge in [0.25, 0.3) is 0 Å². The third-order valence-electron chi connectivity index (χ3n) is 4.76. The summed E-state index contributed by atoms with van der Waals surface area (Å²) in [5.74, 6) is 2.26. The minimum atomic E-state index is -0.616. The molecule has 30 heavy (non-hydrogen) atoms. The maximum absolute atomic E-state index is 10.7. The van der Waals surface area contributed by atoms with Gasteiger partial charge in [-0.3, -0.25) is 0 Å². The molecule has 0 amide bonds. The summed E-state index contributed by atoms with van der Waals surface area (Å²) in [4.78, 5) is 5.55. The summed E-state index contributed by atoms with van der Waals surface area (Å²) in [5.41, 5.74) is 0. The molecule has 0 saturated carbocycles. The lowest BCUT2D eigenvalue weighted by molar-refractivity contribution is 0.145. The summed E-state index contributed by atoms with van der Waals surface area (Å²) in [6, 6.07) is 10.2. The first-order valence-corrected chi connectivity index (χ1v) is 11.0. The minimum Gasteiger partial charge on any atom is -0.386 e. The fraction of sp³-hybridized carbons (Fsp3) is 0.476. The number of aliphatic hydroxyl groups excluding tert-OH is 1. The Balaban J connectivity index is 1.61. The summed E-state index contributed by atoms with van der Waals surface area (Å²) in [6.07, 6.45) is 0.256. The summed E-state index contributed by atoms with van der Waals surface area (Å²) < 4.78 is 8.48. The fourth-order valence-electron chi connectivity index (χ4n) is 2.90. The molecule has 0 aliphatic rings. The number of hydrogen-bond acceptors (Lipinski definition) is 6. The molecule has 1 aromatic carbocycles. The first-order valence-electron chi connectivity index (χ1n) is 10.2. The number of aliphatic hydroxyl groups is 1. The molecule has 3 N–H and O–H groups in total. The molecule has 8 nitrogen and oxygen atoms in total. The van der Waals surface area contributed by atoms with Crippen LogP contribution in [0, 0.1) is 6.92 Å². The van der Waals surface area contributed by atoms with Gasteiger partial charge < -0.3 is 25.0 Å². The van der Waals surface area contributed by atoms with E-state index >= 15 is 0 Å². The number of aryl methyl sites for hydroxylation is 1. The number of fused-ring (bicyclic) bond motifs is 1. The summed E-state index contributed by atoms with van der Waals surface area (Å²) in [5, 5.41) is 26.6. The average molecular weight is 431 g/mol. The monoisotopic (exact) mass is 430 g/mol. The van der Waals surface area contributed by atoms with Crippen LogP contribution in [0.15, 0.2) is 35.3 Å². The van der Waals surface area contributed by atoms with Gasteiger partial charge in [-0.25, -0.2) is 4.99 Å². The van der Waals surface area contributed by atoms with Gasteiger partial charge >= 0.3 is 0 Å². The van der Waals surface area contributed by atoms with Crippen LogP contribution in [0.4, 0.5) is 0 Å². The highest BCUT2D eigenvalue weighted by atomic mass is 32.1. The predicted molar refractivity (Wildman–Crippen MR) is 121 cm³/mol. The zero-order chi connectivity index (χ0) is 21.3. The summed E-state index contributed by atoms with van der Waals surface area (Å²) in [7, 11) is 1.92. The lowest BCUT2D eigenvalue weighted by Crippen LogP contribution is -2.40. The van der Waals surface area contributed by atoms with E-state index in [9.17, 15) is 5.11 Å². The molecular weight excluding hydrogens is 400 g/mol. The first kappa shape index (κ1) is 22.2. The lowest BCUT2D eigenvalue weighted by Gasteiger charge is -2.15. The Kier molecular flexibility index (Phi) is 8.18. The van der Waals surface area contributed by atoms with Crippen molar-refractivity contribution in [1.29, 1.82) is 0 Å². The third kappa shape index (κ3) is 6.01. The van der Waals surface area contributed by atoms with Gasteiger partial charge in [0, 0.05) is 42.9 Å². The summed E-state index contributed by atoms with van der Waals surface area (Å²) in [6.45, 7) is 6.80. The van der Waals surface area contributed by atoms with Crippen molar-refractivity contribution in [2.45, 2.75) is 32.9 Å². The van der Waals surface area contributed by atoms with Gasteiger partial charge in [0.15, 0.2) is 11.8 Å². The largest absolute Gasteiger partial charge is 0.386 e. The molecule has 0 spiro atoms. The van der Waals surface area contributed by atoms with Crippen molar-refractivity contribution in [3.05, 3.63) is 46.9 Å². The SMILES string of the molecule is CCOCCCNC(=NCc1nnc(C)n1C)NCC(O)c1cc2ccccc2s1. The molecule has 2 heterocycles. The number of hydrogen-bond donors (Lipinski definition) is 3. The normalized spacial score (nSPS) is 13.0. The molecule has 3 rings (SSSR count). The quantitative estimate of drug-likeness (QED) is 0.260. The summed E-state index contributed by atoms with van der Waals surface area (Å²) >= 11 is 1.61. The number of benzene rings is 1. The van der Waals surface area contributed by atoms with Crippen LogP contribution in [0.5, 0.6) is 0 Å². The first-order chi connectivity index (χ1) is 14.6. The second kappa shape index (κ2) is 11.1. The highest BCUT2D eigenvalue weighted by molar-refractivity contribution is 7.19. The Morgan fingerprint density at radius 1 is 1.30 bits per heavy atom. The molecule has 9 heteroatoms. The van der Waals surface area contributed by atoms with Crippen LogP contribution in [0.1, 0.15) is 36.0 Å². The number of aromatic nitrogens is 3. The van der Waals surface area contributed by atoms with Crippen LogP contribution >= 0.6 is 11.3 Å². The molecule has 2 aromatic heterocycles. The van der Waals surface area contributed by atoms with Gasteiger partial charge in [0.2, 0.25) is 0 Å². The Morgan fingerprint density at radius 3 is 2.87 bits per heavy atom. The van der Waals surface area contributed by atoms with Crippen LogP contribution in [0.3, 0.4) is 0 Å². The van der Waals surface area contributed by atoms with E-state index in [1.54, 1.807) is 11.3 Å². The zero-order valence-electron chi connectivity index (χ0n) is 17.8. The molecule has 1 atom stereocenters. The van der Waals surface area contributed by atoms with Crippen LogP contribution in [0.25, 0.3) is 10.1 Å². The number of nitrogens with zero attached hydrogens (tertiary/aromatic N) is 4. The van der Waals surface area contributed by atoms with E-state index < -0.39 is 6.10 Å². The van der Waals surface area contributed by atoms with E-state index in [2.05, 4.69) is 38.0 Å². The van der Waals surface area contributed by atoms with Crippen LogP contribution in [-0.4, -0.2) is 52.1 Å². The van der Waals surface area contributed by atoms with Gasteiger partial charge in [-0.05, 0) is 37.8 Å². The Hall–Kier alpha value is -2.49. The van der Waals surface area contributed by atoms with Crippen molar-refractivity contribution in [3.8, 4) is 0 Å². The molecule has 0 fully saturated rings. The second-order valence-corrected chi connectivity index (χ2v) is 8.06. The number of ether oxygens (including phenoxy) is 1. The molecule has 0 radical (unpaired) electrons.